The number of phosphoric ester groups is 1. The number of carbonyl (C=O) groups excluding carboxylic acids is 1. The quantitative estimate of drug-likeness (QED) is 0.454. The SMILES string of the molecule is O=C(Cc1ccccc1)NC(CCOP(=O)(O)O)CS(=O)(=O)CC1CCCC1. The number of phosphoric acid groups is 1. The third-order valence-electron chi connectivity index (χ3n) is 4.72. The number of hydrogen-bond donors (Lipinski definition) is 3. The van der Waals surface area contributed by atoms with E-state index in [9.17, 15) is 17.8 Å². The molecule has 158 valence electrons. The minimum Gasteiger partial charge on any atom is -0.352 e. The fourth-order valence-electron chi connectivity index (χ4n) is 3.48. The van der Waals surface area contributed by atoms with Crippen molar-refractivity contribution in [3.05, 3.63) is 35.9 Å². The van der Waals surface area contributed by atoms with Crippen LogP contribution in [0.15, 0.2) is 30.3 Å². The molecule has 1 aliphatic carbocycles. The van der Waals surface area contributed by atoms with Gasteiger partial charge in [-0.15, -0.1) is 0 Å². The zero-order valence-electron chi connectivity index (χ0n) is 15.7. The number of rotatable bonds is 11. The molecule has 1 saturated carbocycles. The van der Waals surface area contributed by atoms with Crippen LogP contribution in [-0.4, -0.2) is 48.3 Å². The van der Waals surface area contributed by atoms with E-state index in [0.717, 1.165) is 31.2 Å². The highest BCUT2D eigenvalue weighted by molar-refractivity contribution is 7.91. The van der Waals surface area contributed by atoms with Gasteiger partial charge in [0.2, 0.25) is 5.91 Å². The van der Waals surface area contributed by atoms with Crippen LogP contribution in [0.1, 0.15) is 37.7 Å². The molecule has 0 aliphatic heterocycles. The summed E-state index contributed by atoms with van der Waals surface area (Å²) in [6, 6.07) is 8.26. The van der Waals surface area contributed by atoms with Gasteiger partial charge in [-0.05, 0) is 30.7 Å². The molecule has 8 nitrogen and oxygen atoms in total. The molecular formula is C18H28NO7PS. The second-order valence-electron chi connectivity index (χ2n) is 7.27. The van der Waals surface area contributed by atoms with Crippen LogP contribution in [0, 0.1) is 5.92 Å². The van der Waals surface area contributed by atoms with Gasteiger partial charge in [0.15, 0.2) is 9.84 Å². The van der Waals surface area contributed by atoms with Crippen molar-refractivity contribution in [2.45, 2.75) is 44.6 Å². The van der Waals surface area contributed by atoms with E-state index < -0.39 is 23.7 Å². The molecule has 0 aromatic heterocycles. The van der Waals surface area contributed by atoms with Gasteiger partial charge in [-0.3, -0.25) is 9.32 Å². The Morgan fingerprint density at radius 2 is 1.86 bits per heavy atom. The molecule has 0 saturated heterocycles. The van der Waals surface area contributed by atoms with E-state index in [-0.39, 0.29) is 42.8 Å². The molecule has 0 spiro atoms. The van der Waals surface area contributed by atoms with Gasteiger partial charge in [-0.1, -0.05) is 43.2 Å². The number of nitrogens with one attached hydrogen (secondary N) is 1. The standard InChI is InChI=1S/C18H28NO7PS/c20-18(12-15-6-2-1-3-7-15)19-17(10-11-26-27(21,22)23)14-28(24,25)13-16-8-4-5-9-16/h1-3,6-7,16-17H,4-5,8-14H2,(H,19,20)(H2,21,22,23). The third kappa shape index (κ3) is 9.30. The van der Waals surface area contributed by atoms with E-state index in [1.807, 2.05) is 6.07 Å². The van der Waals surface area contributed by atoms with Gasteiger partial charge in [0, 0.05) is 6.04 Å². The van der Waals surface area contributed by atoms with Crippen molar-refractivity contribution in [2.24, 2.45) is 5.92 Å². The maximum atomic E-state index is 12.6. The van der Waals surface area contributed by atoms with Crippen molar-refractivity contribution >= 4 is 23.6 Å². The minimum absolute atomic E-state index is 0.00443. The van der Waals surface area contributed by atoms with E-state index in [2.05, 4.69) is 9.84 Å². The Morgan fingerprint density at radius 1 is 1.21 bits per heavy atom. The summed E-state index contributed by atoms with van der Waals surface area (Å²) in [5.41, 5.74) is 0.791. The zero-order valence-corrected chi connectivity index (χ0v) is 17.4. The van der Waals surface area contributed by atoms with E-state index >= 15 is 0 Å². The van der Waals surface area contributed by atoms with Gasteiger partial charge in [-0.25, -0.2) is 13.0 Å². The van der Waals surface area contributed by atoms with Gasteiger partial charge >= 0.3 is 7.82 Å². The second-order valence-corrected chi connectivity index (χ2v) is 10.7. The average molecular weight is 433 g/mol. The number of amides is 1. The summed E-state index contributed by atoms with van der Waals surface area (Å²) in [7, 11) is -8.06. The molecule has 0 bridgehead atoms. The van der Waals surface area contributed by atoms with Crippen LogP contribution in [0.3, 0.4) is 0 Å². The summed E-state index contributed by atoms with van der Waals surface area (Å²) < 4.78 is 40.4. The molecule has 0 radical (unpaired) electrons. The molecule has 1 aliphatic rings. The van der Waals surface area contributed by atoms with Crippen molar-refractivity contribution in [1.82, 2.24) is 5.32 Å². The molecule has 1 fully saturated rings. The van der Waals surface area contributed by atoms with Crippen molar-refractivity contribution in [1.29, 1.82) is 0 Å². The van der Waals surface area contributed by atoms with Gasteiger partial charge in [0.1, 0.15) is 0 Å². The Balaban J connectivity index is 1.96. The average Bonchev–Trinajstić information content (AvgIpc) is 3.06. The summed E-state index contributed by atoms with van der Waals surface area (Å²) in [6.07, 6.45) is 3.95. The van der Waals surface area contributed by atoms with Crippen molar-refractivity contribution in [3.8, 4) is 0 Å². The minimum atomic E-state index is -4.65. The molecule has 1 aromatic rings. The summed E-state index contributed by atoms with van der Waals surface area (Å²) in [6.45, 7) is -0.348. The Morgan fingerprint density at radius 3 is 2.46 bits per heavy atom. The van der Waals surface area contributed by atoms with Gasteiger partial charge in [-0.2, -0.15) is 0 Å². The first-order valence-corrected chi connectivity index (χ1v) is 12.7. The molecule has 2 rings (SSSR count). The molecular weight excluding hydrogens is 405 g/mol. The lowest BCUT2D eigenvalue weighted by atomic mass is 10.1. The van der Waals surface area contributed by atoms with Gasteiger partial charge in [0.05, 0.1) is 24.5 Å². The van der Waals surface area contributed by atoms with Crippen molar-refractivity contribution in [3.63, 3.8) is 0 Å². The van der Waals surface area contributed by atoms with E-state index in [4.69, 9.17) is 9.79 Å². The van der Waals surface area contributed by atoms with E-state index in [0.29, 0.717) is 0 Å². The van der Waals surface area contributed by atoms with Crippen molar-refractivity contribution in [2.75, 3.05) is 18.1 Å². The molecule has 28 heavy (non-hydrogen) atoms. The normalized spacial score (nSPS) is 16.8. The van der Waals surface area contributed by atoms with E-state index in [1.165, 1.54) is 0 Å². The first kappa shape index (κ1) is 23.0. The molecule has 1 amide bonds. The lowest BCUT2D eigenvalue weighted by Gasteiger charge is -2.20. The van der Waals surface area contributed by atoms with Gasteiger partial charge < -0.3 is 15.1 Å². The Kier molecular flexibility index (Phi) is 8.64. The predicted octanol–water partition coefficient (Wildman–Crippen LogP) is 1.82. The zero-order chi connectivity index (χ0) is 20.6. The molecule has 3 N–H and O–H groups in total. The van der Waals surface area contributed by atoms with Crippen molar-refractivity contribution < 1.29 is 32.1 Å². The Bertz CT molecular complexity index is 772. The molecule has 1 unspecified atom stereocenters. The summed E-state index contributed by atoms with van der Waals surface area (Å²) in [5.74, 6) is -0.383. The maximum absolute atomic E-state index is 12.6. The first-order valence-electron chi connectivity index (χ1n) is 9.37. The fraction of sp³-hybridized carbons (Fsp3) is 0.611. The van der Waals surface area contributed by atoms with Crippen LogP contribution in [0.25, 0.3) is 0 Å². The van der Waals surface area contributed by atoms with Crippen LogP contribution >= 0.6 is 7.82 Å². The molecule has 0 heterocycles. The molecule has 10 heteroatoms. The van der Waals surface area contributed by atoms with Crippen LogP contribution < -0.4 is 5.32 Å². The number of carbonyl (C=O) groups is 1. The summed E-state index contributed by atoms with van der Waals surface area (Å²) in [4.78, 5) is 29.9. The maximum Gasteiger partial charge on any atom is 0.469 e. The largest absolute Gasteiger partial charge is 0.469 e. The topological polar surface area (TPSA) is 130 Å². The highest BCUT2D eigenvalue weighted by Gasteiger charge is 2.27. The highest BCUT2D eigenvalue weighted by atomic mass is 32.2. The lowest BCUT2D eigenvalue weighted by molar-refractivity contribution is -0.121. The monoisotopic (exact) mass is 433 g/mol. The molecule has 1 aromatic carbocycles. The Hall–Kier alpha value is -1.25. The predicted molar refractivity (Wildman–Crippen MR) is 105 cm³/mol. The number of hydrogen-bond acceptors (Lipinski definition) is 5. The third-order valence-corrected chi connectivity index (χ3v) is 7.13. The Labute approximate surface area is 165 Å². The summed E-state index contributed by atoms with van der Waals surface area (Å²) in [5, 5.41) is 2.68. The van der Waals surface area contributed by atoms with Crippen LogP contribution in [0.4, 0.5) is 0 Å². The van der Waals surface area contributed by atoms with E-state index in [1.54, 1.807) is 24.3 Å². The van der Waals surface area contributed by atoms with Gasteiger partial charge in [0.25, 0.3) is 0 Å². The smallest absolute Gasteiger partial charge is 0.352 e. The summed E-state index contributed by atoms with van der Waals surface area (Å²) >= 11 is 0. The second kappa shape index (κ2) is 10.5. The van der Waals surface area contributed by atoms with Crippen LogP contribution in [0.2, 0.25) is 0 Å². The van der Waals surface area contributed by atoms with Crippen LogP contribution in [0.5, 0.6) is 0 Å². The van der Waals surface area contributed by atoms with Crippen LogP contribution in [-0.2, 0) is 30.1 Å². The fourth-order valence-corrected chi connectivity index (χ4v) is 5.88. The number of sulfone groups is 1. The number of benzene rings is 1. The first-order chi connectivity index (χ1) is 13.1. The lowest BCUT2D eigenvalue weighted by Crippen LogP contribution is -2.42. The highest BCUT2D eigenvalue weighted by Crippen LogP contribution is 2.35. The molecule has 1 atom stereocenters.